The Labute approximate surface area is 120 Å². The van der Waals surface area contributed by atoms with E-state index in [1.165, 1.54) is 10.5 Å². The van der Waals surface area contributed by atoms with Gasteiger partial charge in [-0.3, -0.25) is 0 Å². The minimum atomic E-state index is -3.50. The number of pyridine rings is 1. The molecule has 20 heavy (non-hydrogen) atoms. The van der Waals surface area contributed by atoms with Crippen LogP contribution in [0.15, 0.2) is 23.2 Å². The molecule has 1 aromatic heterocycles. The second-order valence-electron chi connectivity index (χ2n) is 5.36. The molecule has 2 rings (SSSR count). The van der Waals surface area contributed by atoms with Crippen molar-refractivity contribution in [2.45, 2.75) is 31.3 Å². The number of nitrogens with zero attached hydrogens (tertiary/aromatic N) is 2. The third-order valence-electron chi connectivity index (χ3n) is 3.12. The Morgan fingerprint density at radius 3 is 2.75 bits per heavy atom. The van der Waals surface area contributed by atoms with Crippen LogP contribution in [0, 0.1) is 0 Å². The number of morpholine rings is 1. The SMILES string of the molecule is CCNc1ccc(S(=O)(=O)N2CCOC(C)(C)C2)cn1. The maximum Gasteiger partial charge on any atom is 0.244 e. The standard InChI is InChI=1S/C13H21N3O3S/c1-4-14-12-6-5-11(9-15-12)20(17,18)16-7-8-19-13(2,3)10-16/h5-6,9H,4,7-8,10H2,1-3H3,(H,14,15). The average molecular weight is 299 g/mol. The monoisotopic (exact) mass is 299 g/mol. The van der Waals surface area contributed by atoms with E-state index < -0.39 is 15.6 Å². The Kier molecular flexibility index (Phi) is 4.31. The molecule has 0 radical (unpaired) electrons. The van der Waals surface area contributed by atoms with Crippen LogP contribution in [0.25, 0.3) is 0 Å². The highest BCUT2D eigenvalue weighted by molar-refractivity contribution is 7.89. The third kappa shape index (κ3) is 3.28. The third-order valence-corrected chi connectivity index (χ3v) is 4.95. The first-order chi connectivity index (χ1) is 9.35. The van der Waals surface area contributed by atoms with Gasteiger partial charge in [-0.2, -0.15) is 4.31 Å². The van der Waals surface area contributed by atoms with Gasteiger partial charge in [-0.15, -0.1) is 0 Å². The number of anilines is 1. The van der Waals surface area contributed by atoms with Crippen molar-refractivity contribution >= 4 is 15.8 Å². The Morgan fingerprint density at radius 2 is 2.20 bits per heavy atom. The normalized spacial score (nSPS) is 19.8. The summed E-state index contributed by atoms with van der Waals surface area (Å²) in [7, 11) is -3.50. The van der Waals surface area contributed by atoms with Crippen LogP contribution >= 0.6 is 0 Å². The quantitative estimate of drug-likeness (QED) is 0.907. The summed E-state index contributed by atoms with van der Waals surface area (Å²) in [6.07, 6.45) is 1.40. The van der Waals surface area contributed by atoms with Crippen molar-refractivity contribution in [1.82, 2.24) is 9.29 Å². The maximum absolute atomic E-state index is 12.6. The van der Waals surface area contributed by atoms with E-state index in [4.69, 9.17) is 4.74 Å². The van der Waals surface area contributed by atoms with Gasteiger partial charge in [0.15, 0.2) is 0 Å². The molecule has 0 aromatic carbocycles. The maximum atomic E-state index is 12.6. The largest absolute Gasteiger partial charge is 0.373 e. The molecule has 1 N–H and O–H groups in total. The summed E-state index contributed by atoms with van der Waals surface area (Å²) in [6.45, 7) is 7.63. The van der Waals surface area contributed by atoms with E-state index in [2.05, 4.69) is 10.3 Å². The fourth-order valence-corrected chi connectivity index (χ4v) is 3.67. The first-order valence-electron chi connectivity index (χ1n) is 6.69. The summed E-state index contributed by atoms with van der Waals surface area (Å²) in [4.78, 5) is 4.34. The van der Waals surface area contributed by atoms with E-state index in [9.17, 15) is 8.42 Å². The van der Waals surface area contributed by atoms with Gasteiger partial charge < -0.3 is 10.1 Å². The molecule has 1 aromatic rings. The van der Waals surface area contributed by atoms with E-state index in [1.807, 2.05) is 20.8 Å². The fourth-order valence-electron chi connectivity index (χ4n) is 2.15. The number of sulfonamides is 1. The van der Waals surface area contributed by atoms with E-state index in [1.54, 1.807) is 12.1 Å². The summed E-state index contributed by atoms with van der Waals surface area (Å²) in [5.41, 5.74) is -0.456. The molecular weight excluding hydrogens is 278 g/mol. The molecule has 1 aliphatic heterocycles. The molecule has 0 amide bonds. The molecule has 2 heterocycles. The lowest BCUT2D eigenvalue weighted by Crippen LogP contribution is -2.50. The predicted molar refractivity (Wildman–Crippen MR) is 77.2 cm³/mol. The topological polar surface area (TPSA) is 71.5 Å². The van der Waals surface area contributed by atoms with Crippen molar-refractivity contribution in [2.75, 3.05) is 31.6 Å². The van der Waals surface area contributed by atoms with Crippen molar-refractivity contribution in [1.29, 1.82) is 0 Å². The van der Waals surface area contributed by atoms with E-state index in [0.29, 0.717) is 25.5 Å². The van der Waals surface area contributed by atoms with Crippen LogP contribution < -0.4 is 5.32 Å². The van der Waals surface area contributed by atoms with Crippen LogP contribution in [0.3, 0.4) is 0 Å². The summed E-state index contributed by atoms with van der Waals surface area (Å²) in [6, 6.07) is 3.27. The zero-order valence-corrected chi connectivity index (χ0v) is 12.9. The Morgan fingerprint density at radius 1 is 1.45 bits per heavy atom. The second-order valence-corrected chi connectivity index (χ2v) is 7.29. The number of aromatic nitrogens is 1. The molecule has 0 atom stereocenters. The minimum absolute atomic E-state index is 0.219. The fraction of sp³-hybridized carbons (Fsp3) is 0.615. The number of rotatable bonds is 4. The summed E-state index contributed by atoms with van der Waals surface area (Å²) >= 11 is 0. The first kappa shape index (κ1) is 15.2. The zero-order chi connectivity index (χ0) is 14.8. The lowest BCUT2D eigenvalue weighted by molar-refractivity contribution is -0.0640. The highest BCUT2D eigenvalue weighted by Crippen LogP contribution is 2.23. The van der Waals surface area contributed by atoms with Crippen LogP contribution in [0.1, 0.15) is 20.8 Å². The Hall–Kier alpha value is -1.18. The Balaban J connectivity index is 2.21. The molecule has 112 valence electrons. The van der Waals surface area contributed by atoms with Crippen molar-refractivity contribution in [3.63, 3.8) is 0 Å². The van der Waals surface area contributed by atoms with Gasteiger partial charge >= 0.3 is 0 Å². The molecule has 7 heteroatoms. The average Bonchev–Trinajstić information content (AvgIpc) is 2.38. The predicted octanol–water partition coefficient (Wildman–Crippen LogP) is 1.31. The van der Waals surface area contributed by atoms with Gasteiger partial charge in [0.2, 0.25) is 10.0 Å². The van der Waals surface area contributed by atoms with Gasteiger partial charge in [0.05, 0.1) is 12.2 Å². The molecule has 0 saturated carbocycles. The van der Waals surface area contributed by atoms with Gasteiger partial charge in [0.1, 0.15) is 10.7 Å². The van der Waals surface area contributed by atoms with Crippen molar-refractivity contribution in [3.8, 4) is 0 Å². The molecule has 1 saturated heterocycles. The molecule has 0 bridgehead atoms. The van der Waals surface area contributed by atoms with Crippen molar-refractivity contribution in [3.05, 3.63) is 18.3 Å². The van der Waals surface area contributed by atoms with E-state index in [0.717, 1.165) is 6.54 Å². The van der Waals surface area contributed by atoms with E-state index >= 15 is 0 Å². The molecular formula is C13H21N3O3S. The first-order valence-corrected chi connectivity index (χ1v) is 8.13. The minimum Gasteiger partial charge on any atom is -0.373 e. The summed E-state index contributed by atoms with van der Waals surface area (Å²) < 4.78 is 32.1. The van der Waals surface area contributed by atoms with Crippen molar-refractivity contribution < 1.29 is 13.2 Å². The summed E-state index contributed by atoms with van der Waals surface area (Å²) in [5.74, 6) is 0.675. The van der Waals surface area contributed by atoms with Gasteiger partial charge in [-0.1, -0.05) is 0 Å². The Bertz CT molecular complexity index is 555. The molecule has 1 fully saturated rings. The number of hydrogen-bond donors (Lipinski definition) is 1. The van der Waals surface area contributed by atoms with Crippen LogP contribution in [0.5, 0.6) is 0 Å². The number of nitrogens with one attached hydrogen (secondary N) is 1. The van der Waals surface area contributed by atoms with Crippen LogP contribution in [0.2, 0.25) is 0 Å². The lowest BCUT2D eigenvalue weighted by Gasteiger charge is -2.37. The lowest BCUT2D eigenvalue weighted by atomic mass is 10.1. The van der Waals surface area contributed by atoms with Gasteiger partial charge in [0, 0.05) is 25.8 Å². The molecule has 0 aliphatic carbocycles. The number of hydrogen-bond acceptors (Lipinski definition) is 5. The number of ether oxygens (including phenoxy) is 1. The molecule has 1 aliphatic rings. The van der Waals surface area contributed by atoms with Gasteiger partial charge in [0.25, 0.3) is 0 Å². The smallest absolute Gasteiger partial charge is 0.244 e. The van der Waals surface area contributed by atoms with Crippen LogP contribution in [-0.4, -0.2) is 49.5 Å². The second kappa shape index (κ2) is 5.67. The van der Waals surface area contributed by atoms with Gasteiger partial charge in [-0.05, 0) is 32.9 Å². The molecule has 6 nitrogen and oxygen atoms in total. The van der Waals surface area contributed by atoms with Crippen LogP contribution in [-0.2, 0) is 14.8 Å². The molecule has 0 spiro atoms. The highest BCUT2D eigenvalue weighted by Gasteiger charge is 2.34. The summed E-state index contributed by atoms with van der Waals surface area (Å²) in [5, 5.41) is 3.04. The zero-order valence-electron chi connectivity index (χ0n) is 12.1. The highest BCUT2D eigenvalue weighted by atomic mass is 32.2. The molecule has 0 unspecified atom stereocenters. The van der Waals surface area contributed by atoms with Crippen LogP contribution in [0.4, 0.5) is 5.82 Å². The van der Waals surface area contributed by atoms with Gasteiger partial charge in [-0.25, -0.2) is 13.4 Å². The van der Waals surface area contributed by atoms with E-state index in [-0.39, 0.29) is 4.90 Å². The van der Waals surface area contributed by atoms with Crippen molar-refractivity contribution in [2.24, 2.45) is 0 Å².